The van der Waals surface area contributed by atoms with E-state index in [0.717, 1.165) is 49.7 Å². The number of carbonyl (C=O) groups is 2. The van der Waals surface area contributed by atoms with Crippen LogP contribution < -0.4 is 10.2 Å². The van der Waals surface area contributed by atoms with Crippen LogP contribution in [-0.4, -0.2) is 60.8 Å². The third-order valence-corrected chi connectivity index (χ3v) is 4.07. The average molecular weight is 492 g/mol. The Kier molecular flexibility index (Phi) is 14.4. The van der Waals surface area contributed by atoms with Crippen molar-refractivity contribution in [2.45, 2.75) is 52.4 Å². The van der Waals surface area contributed by atoms with Gasteiger partial charge in [-0.05, 0) is 36.8 Å². The molecular formula is C22H26BaO4. The van der Waals surface area contributed by atoms with Crippen LogP contribution in [0.15, 0.2) is 48.5 Å². The molecule has 5 heteroatoms. The number of rotatable bonds is 8. The van der Waals surface area contributed by atoms with Gasteiger partial charge >= 0.3 is 48.9 Å². The molecule has 0 saturated heterocycles. The zero-order valence-electron chi connectivity index (χ0n) is 16.2. The first-order valence-electron chi connectivity index (χ1n) is 9.09. The quantitative estimate of drug-likeness (QED) is 0.531. The van der Waals surface area contributed by atoms with Crippen LogP contribution in [0.25, 0.3) is 0 Å². The van der Waals surface area contributed by atoms with Crippen LogP contribution >= 0.6 is 0 Å². The SMILES string of the molecule is CCCCc1ccccc1C(=O)[O-].CCCCc1ccccc1C(=O)[O-].[Ba+2]. The number of aromatic carboxylic acids is 2. The summed E-state index contributed by atoms with van der Waals surface area (Å²) in [6, 6.07) is 14.1. The summed E-state index contributed by atoms with van der Waals surface area (Å²) in [5, 5.41) is 21.3. The summed E-state index contributed by atoms with van der Waals surface area (Å²) in [4.78, 5) is 21.3. The maximum Gasteiger partial charge on any atom is 2.00 e. The smallest absolute Gasteiger partial charge is 0.545 e. The summed E-state index contributed by atoms with van der Waals surface area (Å²) in [5.74, 6) is -2.15. The van der Waals surface area contributed by atoms with E-state index in [2.05, 4.69) is 13.8 Å². The van der Waals surface area contributed by atoms with Gasteiger partial charge in [-0.1, -0.05) is 75.2 Å². The van der Waals surface area contributed by atoms with Gasteiger partial charge in [-0.3, -0.25) is 0 Å². The van der Waals surface area contributed by atoms with Crippen LogP contribution in [-0.2, 0) is 12.8 Å². The molecule has 0 aromatic heterocycles. The molecule has 0 saturated carbocycles. The standard InChI is InChI=1S/2C11H14O2.Ba/c2*1-2-3-6-9-7-4-5-8-10(9)11(12)13;/h2*4-5,7-8H,2-3,6H2,1H3,(H,12,13);/q;;+2/p-2. The Morgan fingerprint density at radius 2 is 1.04 bits per heavy atom. The summed E-state index contributed by atoms with van der Waals surface area (Å²) < 4.78 is 0. The maximum atomic E-state index is 10.7. The minimum absolute atomic E-state index is 0. The van der Waals surface area contributed by atoms with Crippen LogP contribution in [0.5, 0.6) is 0 Å². The van der Waals surface area contributed by atoms with Gasteiger partial charge in [0.25, 0.3) is 0 Å². The summed E-state index contributed by atoms with van der Waals surface area (Å²) in [7, 11) is 0. The molecule has 2 rings (SSSR count). The number of hydrogen-bond acceptors (Lipinski definition) is 4. The Morgan fingerprint density at radius 1 is 0.704 bits per heavy atom. The van der Waals surface area contributed by atoms with Crippen LogP contribution in [0.3, 0.4) is 0 Å². The van der Waals surface area contributed by atoms with Crippen LogP contribution in [0, 0.1) is 0 Å². The fourth-order valence-electron chi connectivity index (χ4n) is 2.61. The summed E-state index contributed by atoms with van der Waals surface area (Å²) in [6.07, 6.45) is 5.82. The van der Waals surface area contributed by atoms with Gasteiger partial charge < -0.3 is 19.8 Å². The van der Waals surface area contributed by atoms with Gasteiger partial charge in [-0.2, -0.15) is 0 Å². The predicted molar refractivity (Wildman–Crippen MR) is 105 cm³/mol. The number of carboxylic acids is 2. The minimum atomic E-state index is -1.08. The fourth-order valence-corrected chi connectivity index (χ4v) is 2.61. The van der Waals surface area contributed by atoms with E-state index in [1.165, 1.54) is 0 Å². The predicted octanol–water partition coefficient (Wildman–Crippen LogP) is 2.40. The van der Waals surface area contributed by atoms with Crippen LogP contribution in [0.2, 0.25) is 0 Å². The number of hydrogen-bond donors (Lipinski definition) is 0. The molecule has 0 atom stereocenters. The molecule has 0 radical (unpaired) electrons. The van der Waals surface area contributed by atoms with E-state index >= 15 is 0 Å². The Balaban J connectivity index is 0.000000483. The molecule has 0 unspecified atom stereocenters. The first-order chi connectivity index (χ1) is 12.5. The van der Waals surface area contributed by atoms with Gasteiger partial charge in [0.15, 0.2) is 0 Å². The van der Waals surface area contributed by atoms with Crippen molar-refractivity contribution in [3.8, 4) is 0 Å². The molecule has 0 spiro atoms. The molecule has 0 aliphatic carbocycles. The number of carboxylic acid groups (broad SMARTS) is 2. The molecule has 2 aromatic carbocycles. The third kappa shape index (κ3) is 9.63. The molecule has 0 aliphatic rings. The molecule has 2 aromatic rings. The zero-order chi connectivity index (χ0) is 19.4. The molecule has 0 heterocycles. The van der Waals surface area contributed by atoms with Gasteiger partial charge in [0.05, 0.1) is 11.9 Å². The van der Waals surface area contributed by atoms with Crippen molar-refractivity contribution >= 4 is 60.8 Å². The van der Waals surface area contributed by atoms with E-state index < -0.39 is 11.9 Å². The van der Waals surface area contributed by atoms with E-state index in [1.807, 2.05) is 24.3 Å². The minimum Gasteiger partial charge on any atom is -0.545 e. The van der Waals surface area contributed by atoms with Gasteiger partial charge in [-0.15, -0.1) is 0 Å². The topological polar surface area (TPSA) is 80.3 Å². The van der Waals surface area contributed by atoms with Crippen molar-refractivity contribution < 1.29 is 19.8 Å². The Labute approximate surface area is 202 Å². The molecule has 0 aliphatic heterocycles. The van der Waals surface area contributed by atoms with Crippen molar-refractivity contribution in [3.63, 3.8) is 0 Å². The van der Waals surface area contributed by atoms with Gasteiger partial charge in [0.1, 0.15) is 0 Å². The summed E-state index contributed by atoms with van der Waals surface area (Å²) in [5.41, 5.74) is 2.42. The van der Waals surface area contributed by atoms with E-state index in [1.54, 1.807) is 24.3 Å². The van der Waals surface area contributed by atoms with Crippen molar-refractivity contribution in [1.82, 2.24) is 0 Å². The number of aryl methyl sites for hydroxylation is 2. The summed E-state index contributed by atoms with van der Waals surface area (Å²) >= 11 is 0. The summed E-state index contributed by atoms with van der Waals surface area (Å²) in [6.45, 7) is 4.17. The second-order valence-corrected chi connectivity index (χ2v) is 6.10. The van der Waals surface area contributed by atoms with Crippen molar-refractivity contribution in [3.05, 3.63) is 70.8 Å². The number of unbranched alkanes of at least 4 members (excludes halogenated alkanes) is 2. The molecule has 0 fully saturated rings. The second-order valence-electron chi connectivity index (χ2n) is 6.10. The number of benzene rings is 2. The van der Waals surface area contributed by atoms with Crippen LogP contribution in [0.1, 0.15) is 71.4 Å². The molecule has 27 heavy (non-hydrogen) atoms. The normalized spacial score (nSPS) is 9.56. The molecular weight excluding hydrogens is 466 g/mol. The van der Waals surface area contributed by atoms with Crippen LogP contribution in [0.4, 0.5) is 0 Å². The second kappa shape index (κ2) is 14.9. The Bertz CT molecular complexity index is 651. The average Bonchev–Trinajstić information content (AvgIpc) is 2.65. The van der Waals surface area contributed by atoms with Gasteiger partial charge in [0.2, 0.25) is 0 Å². The van der Waals surface area contributed by atoms with Crippen molar-refractivity contribution in [1.29, 1.82) is 0 Å². The third-order valence-electron chi connectivity index (χ3n) is 4.07. The molecule has 140 valence electrons. The fraction of sp³-hybridized carbons (Fsp3) is 0.364. The van der Waals surface area contributed by atoms with E-state index in [4.69, 9.17) is 0 Å². The van der Waals surface area contributed by atoms with E-state index in [-0.39, 0.29) is 48.9 Å². The maximum absolute atomic E-state index is 10.7. The molecule has 0 N–H and O–H groups in total. The van der Waals surface area contributed by atoms with Gasteiger partial charge in [0, 0.05) is 11.1 Å². The molecule has 4 nitrogen and oxygen atoms in total. The van der Waals surface area contributed by atoms with Crippen molar-refractivity contribution in [2.24, 2.45) is 0 Å². The Morgan fingerprint density at radius 3 is 1.33 bits per heavy atom. The monoisotopic (exact) mass is 492 g/mol. The van der Waals surface area contributed by atoms with E-state index in [9.17, 15) is 19.8 Å². The van der Waals surface area contributed by atoms with Gasteiger partial charge in [-0.25, -0.2) is 0 Å². The zero-order valence-corrected chi connectivity index (χ0v) is 20.6. The van der Waals surface area contributed by atoms with Crippen molar-refractivity contribution in [2.75, 3.05) is 0 Å². The first-order valence-corrected chi connectivity index (χ1v) is 9.09. The molecule has 0 amide bonds. The Hall–Kier alpha value is -1.05. The first kappa shape index (κ1) is 26.0. The largest absolute Gasteiger partial charge is 2.00 e. The number of carbonyl (C=O) groups excluding carboxylic acids is 2. The van der Waals surface area contributed by atoms with E-state index in [0.29, 0.717) is 11.1 Å². The molecule has 0 bridgehead atoms.